The minimum Gasteiger partial charge on any atom is -0.493 e. The van der Waals surface area contributed by atoms with Crippen LogP contribution in [0.1, 0.15) is 65.4 Å². The van der Waals surface area contributed by atoms with Crippen molar-refractivity contribution < 1.29 is 18.7 Å². The maximum absolute atomic E-state index is 13.5. The third-order valence-corrected chi connectivity index (χ3v) is 4.33. The summed E-state index contributed by atoms with van der Waals surface area (Å²) in [7, 11) is 0. The molecule has 1 aliphatic carbocycles. The molecule has 0 aromatic heterocycles. The Morgan fingerprint density at radius 3 is 2.68 bits per heavy atom. The van der Waals surface area contributed by atoms with Crippen molar-refractivity contribution in [3.63, 3.8) is 0 Å². The molecule has 0 spiro atoms. The summed E-state index contributed by atoms with van der Waals surface area (Å²) in [6.07, 6.45) is 2.37. The van der Waals surface area contributed by atoms with E-state index in [0.717, 1.165) is 24.8 Å². The molecule has 1 N–H and O–H groups in total. The summed E-state index contributed by atoms with van der Waals surface area (Å²) in [5.41, 5.74) is 0.526. The fourth-order valence-electron chi connectivity index (χ4n) is 3.15. The molecule has 2 atom stereocenters. The highest BCUT2D eigenvalue weighted by Gasteiger charge is 2.28. The molecule has 0 bridgehead atoms. The number of hydrogen-bond donors (Lipinski definition) is 1. The molecular weight excluding hydrogens is 321 g/mol. The van der Waals surface area contributed by atoms with Gasteiger partial charge in [0.2, 0.25) is 0 Å². The molecule has 0 heterocycles. The van der Waals surface area contributed by atoms with E-state index in [2.05, 4.69) is 19.2 Å². The first-order chi connectivity index (χ1) is 11.6. The predicted octanol–water partition coefficient (Wildman–Crippen LogP) is 5.02. The monoisotopic (exact) mass is 351 g/mol. The zero-order chi connectivity index (χ0) is 18.6. The van der Waals surface area contributed by atoms with Crippen molar-refractivity contribution in [2.24, 2.45) is 5.92 Å². The van der Waals surface area contributed by atoms with Crippen LogP contribution < -0.4 is 10.1 Å². The van der Waals surface area contributed by atoms with E-state index in [9.17, 15) is 9.18 Å². The average molecular weight is 351 g/mol. The fourth-order valence-corrected chi connectivity index (χ4v) is 3.15. The van der Waals surface area contributed by atoms with Crippen molar-refractivity contribution in [1.29, 1.82) is 0 Å². The van der Waals surface area contributed by atoms with Crippen LogP contribution in [0.5, 0.6) is 5.75 Å². The molecule has 140 valence electrons. The fraction of sp³-hybridized carbons (Fsp3) is 0.650. The number of hydrogen-bond acceptors (Lipinski definition) is 3. The second-order valence-electron chi connectivity index (χ2n) is 8.17. The number of halogens is 1. The van der Waals surface area contributed by atoms with Gasteiger partial charge in [0.05, 0.1) is 6.61 Å². The normalized spacial score (nSPS) is 20.6. The molecule has 5 heteroatoms. The quantitative estimate of drug-likeness (QED) is 0.810. The van der Waals surface area contributed by atoms with Gasteiger partial charge in [-0.3, -0.25) is 0 Å². The van der Waals surface area contributed by atoms with Crippen LogP contribution in [0.3, 0.4) is 0 Å². The number of carbonyl (C=O) groups is 1. The largest absolute Gasteiger partial charge is 0.493 e. The first-order valence-corrected chi connectivity index (χ1v) is 9.06. The SMILES string of the molecule is CC(C)c1ccc(F)cc1OC[C@@H]1CC[C@H](NC(=O)OC(C)(C)C)C1. The van der Waals surface area contributed by atoms with Crippen molar-refractivity contribution >= 4 is 6.09 Å². The number of carbonyl (C=O) groups excluding carboxylic acids is 1. The Hall–Kier alpha value is -1.78. The highest BCUT2D eigenvalue weighted by molar-refractivity contribution is 5.68. The van der Waals surface area contributed by atoms with Crippen molar-refractivity contribution in [2.75, 3.05) is 6.61 Å². The predicted molar refractivity (Wildman–Crippen MR) is 96.5 cm³/mol. The van der Waals surface area contributed by atoms with E-state index in [4.69, 9.17) is 9.47 Å². The number of nitrogens with one attached hydrogen (secondary N) is 1. The Bertz CT molecular complexity index is 595. The Morgan fingerprint density at radius 1 is 1.32 bits per heavy atom. The lowest BCUT2D eigenvalue weighted by molar-refractivity contribution is 0.0504. The molecule has 4 nitrogen and oxygen atoms in total. The van der Waals surface area contributed by atoms with Crippen molar-refractivity contribution in [2.45, 2.75) is 71.4 Å². The Kier molecular flexibility index (Phi) is 6.31. The molecule has 1 saturated carbocycles. The van der Waals surface area contributed by atoms with Gasteiger partial charge in [-0.2, -0.15) is 0 Å². The molecule has 25 heavy (non-hydrogen) atoms. The number of amides is 1. The van der Waals surface area contributed by atoms with E-state index in [-0.39, 0.29) is 23.9 Å². The van der Waals surface area contributed by atoms with E-state index in [0.29, 0.717) is 18.3 Å². The summed E-state index contributed by atoms with van der Waals surface area (Å²) >= 11 is 0. The molecule has 0 unspecified atom stereocenters. The lowest BCUT2D eigenvalue weighted by Gasteiger charge is -2.22. The molecule has 0 saturated heterocycles. The van der Waals surface area contributed by atoms with Gasteiger partial charge in [0.1, 0.15) is 17.2 Å². The third-order valence-electron chi connectivity index (χ3n) is 4.33. The van der Waals surface area contributed by atoms with Gasteiger partial charge >= 0.3 is 6.09 Å². The van der Waals surface area contributed by atoms with E-state index < -0.39 is 5.60 Å². The van der Waals surface area contributed by atoms with Crippen LogP contribution in [-0.2, 0) is 4.74 Å². The second-order valence-corrected chi connectivity index (χ2v) is 8.17. The molecule has 1 aliphatic rings. The van der Waals surface area contributed by atoms with Crippen LogP contribution in [0.2, 0.25) is 0 Å². The van der Waals surface area contributed by atoms with E-state index in [1.165, 1.54) is 12.1 Å². The summed E-state index contributed by atoms with van der Waals surface area (Å²) in [5.74, 6) is 0.970. The Labute approximate surface area is 150 Å². The molecule has 2 rings (SSSR count). The summed E-state index contributed by atoms with van der Waals surface area (Å²) in [6.45, 7) is 10.2. The van der Waals surface area contributed by atoms with Gasteiger partial charge in [-0.05, 0) is 63.5 Å². The molecule has 1 aromatic carbocycles. The Balaban J connectivity index is 1.84. The molecule has 0 aliphatic heterocycles. The van der Waals surface area contributed by atoms with Gasteiger partial charge in [0.25, 0.3) is 0 Å². The summed E-state index contributed by atoms with van der Waals surface area (Å²) in [6, 6.07) is 4.83. The van der Waals surface area contributed by atoms with Crippen LogP contribution in [0.4, 0.5) is 9.18 Å². The highest BCUT2D eigenvalue weighted by Crippen LogP contribution is 2.30. The summed E-state index contributed by atoms with van der Waals surface area (Å²) in [5, 5.41) is 2.93. The van der Waals surface area contributed by atoms with Crippen LogP contribution in [0.15, 0.2) is 18.2 Å². The molecular formula is C20H30FNO3. The van der Waals surface area contributed by atoms with Crippen LogP contribution in [0.25, 0.3) is 0 Å². The topological polar surface area (TPSA) is 47.6 Å². The third kappa shape index (κ3) is 6.22. The maximum atomic E-state index is 13.5. The highest BCUT2D eigenvalue weighted by atomic mass is 19.1. The smallest absolute Gasteiger partial charge is 0.407 e. The number of alkyl carbamates (subject to hydrolysis) is 1. The van der Waals surface area contributed by atoms with Gasteiger partial charge in [0, 0.05) is 12.1 Å². The van der Waals surface area contributed by atoms with Crippen LogP contribution in [0, 0.1) is 11.7 Å². The van der Waals surface area contributed by atoms with E-state index in [1.807, 2.05) is 20.8 Å². The minimum atomic E-state index is -0.490. The van der Waals surface area contributed by atoms with Gasteiger partial charge in [0.15, 0.2) is 0 Å². The lowest BCUT2D eigenvalue weighted by Crippen LogP contribution is -2.38. The molecule has 1 fully saturated rings. The summed E-state index contributed by atoms with van der Waals surface area (Å²) < 4.78 is 24.7. The second kappa shape index (κ2) is 8.07. The minimum absolute atomic E-state index is 0.112. The van der Waals surface area contributed by atoms with Crippen molar-refractivity contribution in [1.82, 2.24) is 5.32 Å². The number of benzene rings is 1. The van der Waals surface area contributed by atoms with Gasteiger partial charge < -0.3 is 14.8 Å². The number of ether oxygens (including phenoxy) is 2. The maximum Gasteiger partial charge on any atom is 0.407 e. The Morgan fingerprint density at radius 2 is 2.04 bits per heavy atom. The molecule has 1 aromatic rings. The first kappa shape index (κ1) is 19.5. The van der Waals surface area contributed by atoms with E-state index in [1.54, 1.807) is 6.07 Å². The zero-order valence-corrected chi connectivity index (χ0v) is 15.9. The lowest BCUT2D eigenvalue weighted by atomic mass is 10.0. The summed E-state index contributed by atoms with van der Waals surface area (Å²) in [4.78, 5) is 11.9. The van der Waals surface area contributed by atoms with Crippen molar-refractivity contribution in [3.05, 3.63) is 29.6 Å². The van der Waals surface area contributed by atoms with Crippen molar-refractivity contribution in [3.8, 4) is 5.75 Å². The molecule has 1 amide bonds. The van der Waals surface area contributed by atoms with Crippen LogP contribution >= 0.6 is 0 Å². The van der Waals surface area contributed by atoms with Gasteiger partial charge in [-0.1, -0.05) is 19.9 Å². The standard InChI is InChI=1S/C20H30FNO3/c1-13(2)17-9-7-15(21)11-18(17)24-12-14-6-8-16(10-14)22-19(23)25-20(3,4)5/h7,9,11,13-14,16H,6,8,10,12H2,1-5H3,(H,22,23)/t14-,16+/m1/s1. The average Bonchev–Trinajstić information content (AvgIpc) is 2.90. The number of rotatable bonds is 5. The van der Waals surface area contributed by atoms with Gasteiger partial charge in [-0.15, -0.1) is 0 Å². The zero-order valence-electron chi connectivity index (χ0n) is 15.9. The van der Waals surface area contributed by atoms with Gasteiger partial charge in [-0.25, -0.2) is 9.18 Å². The first-order valence-electron chi connectivity index (χ1n) is 9.06. The molecule has 0 radical (unpaired) electrons. The van der Waals surface area contributed by atoms with E-state index >= 15 is 0 Å². The van der Waals surface area contributed by atoms with Crippen LogP contribution in [-0.4, -0.2) is 24.3 Å².